The lowest BCUT2D eigenvalue weighted by atomic mass is 9.80. The van der Waals surface area contributed by atoms with Crippen molar-refractivity contribution in [2.24, 2.45) is 4.99 Å². The van der Waals surface area contributed by atoms with E-state index in [4.69, 9.17) is 14.4 Å². The molecule has 0 amide bonds. The first-order valence-electron chi connectivity index (χ1n) is 16.0. The van der Waals surface area contributed by atoms with Crippen molar-refractivity contribution in [2.45, 2.75) is 43.9 Å². The van der Waals surface area contributed by atoms with Crippen molar-refractivity contribution < 1.29 is 4.42 Å². The second kappa shape index (κ2) is 10.4. The maximum atomic E-state index is 6.71. The molecule has 45 heavy (non-hydrogen) atoms. The van der Waals surface area contributed by atoms with Gasteiger partial charge in [0.15, 0.2) is 5.76 Å². The summed E-state index contributed by atoms with van der Waals surface area (Å²) in [6.07, 6.45) is 20.9. The van der Waals surface area contributed by atoms with E-state index in [0.29, 0.717) is 5.92 Å². The van der Waals surface area contributed by atoms with Crippen LogP contribution in [0.4, 0.5) is 0 Å². The number of allylic oxidation sites excluding steroid dienone is 9. The van der Waals surface area contributed by atoms with E-state index >= 15 is 0 Å². The van der Waals surface area contributed by atoms with Gasteiger partial charge >= 0.3 is 0 Å². The maximum Gasteiger partial charge on any atom is 0.157 e. The van der Waals surface area contributed by atoms with Crippen molar-refractivity contribution in [1.82, 2.24) is 9.55 Å². The SMILES string of the molecule is CC1CC=Cc2c1oc1c2C2CC=CC=C2N=C1c1cccc(C2=CCC(c3nc4ccccc4n3-c3ccccc3)C=C2)c1. The molecule has 3 atom stereocenters. The van der Waals surface area contributed by atoms with Crippen LogP contribution in [0.5, 0.6) is 0 Å². The average Bonchev–Trinajstić information content (AvgIpc) is 3.69. The predicted molar refractivity (Wildman–Crippen MR) is 183 cm³/mol. The second-order valence-corrected chi connectivity index (χ2v) is 12.5. The maximum absolute atomic E-state index is 6.71. The monoisotopic (exact) mass is 583 g/mol. The molecule has 4 heteroatoms. The third-order valence-electron chi connectivity index (χ3n) is 9.67. The van der Waals surface area contributed by atoms with Gasteiger partial charge in [-0.05, 0) is 66.8 Å². The summed E-state index contributed by atoms with van der Waals surface area (Å²) in [5, 5.41) is 0. The lowest BCUT2D eigenvalue weighted by Gasteiger charge is -2.25. The molecule has 3 aliphatic carbocycles. The number of imidazole rings is 1. The van der Waals surface area contributed by atoms with E-state index < -0.39 is 0 Å². The molecule has 3 unspecified atom stereocenters. The minimum Gasteiger partial charge on any atom is -0.458 e. The van der Waals surface area contributed by atoms with Crippen molar-refractivity contribution in [1.29, 1.82) is 0 Å². The van der Waals surface area contributed by atoms with Gasteiger partial charge in [-0.1, -0.05) is 98.0 Å². The number of hydrogen-bond donors (Lipinski definition) is 0. The number of furan rings is 1. The number of para-hydroxylation sites is 3. The Morgan fingerprint density at radius 1 is 0.844 bits per heavy atom. The van der Waals surface area contributed by atoms with Crippen LogP contribution in [0, 0.1) is 0 Å². The Hall–Kier alpha value is -5.22. The molecular weight excluding hydrogens is 550 g/mol. The highest BCUT2D eigenvalue weighted by molar-refractivity contribution is 6.14. The van der Waals surface area contributed by atoms with E-state index in [1.165, 1.54) is 22.3 Å². The molecule has 3 heterocycles. The molecule has 0 spiro atoms. The molecule has 0 saturated carbocycles. The Bertz CT molecular complexity index is 2160. The van der Waals surface area contributed by atoms with Crippen molar-refractivity contribution >= 4 is 28.4 Å². The van der Waals surface area contributed by atoms with Crippen LogP contribution in [0.2, 0.25) is 0 Å². The first-order valence-corrected chi connectivity index (χ1v) is 16.0. The summed E-state index contributed by atoms with van der Waals surface area (Å²) in [5.41, 5.74) is 11.4. The largest absolute Gasteiger partial charge is 0.458 e. The van der Waals surface area contributed by atoms with E-state index in [9.17, 15) is 0 Å². The quantitative estimate of drug-likeness (QED) is 0.211. The first kappa shape index (κ1) is 26.2. The molecule has 3 aromatic carbocycles. The first-order chi connectivity index (χ1) is 22.2. The molecule has 0 saturated heterocycles. The van der Waals surface area contributed by atoms with Gasteiger partial charge < -0.3 is 4.42 Å². The molecule has 2 aromatic heterocycles. The Morgan fingerprint density at radius 3 is 2.60 bits per heavy atom. The normalized spacial score (nSPS) is 21.5. The molecule has 0 bridgehead atoms. The molecule has 1 aliphatic heterocycles. The van der Waals surface area contributed by atoms with E-state index in [2.05, 4.69) is 139 Å². The van der Waals surface area contributed by atoms with Crippen molar-refractivity contribution in [3.8, 4) is 5.69 Å². The summed E-state index contributed by atoms with van der Waals surface area (Å²) in [4.78, 5) is 10.4. The zero-order chi connectivity index (χ0) is 29.9. The molecular formula is C41H33N3O. The van der Waals surface area contributed by atoms with E-state index in [1.807, 2.05) is 0 Å². The van der Waals surface area contributed by atoms with Gasteiger partial charge in [-0.2, -0.15) is 0 Å². The average molecular weight is 584 g/mol. The Labute approximate surface area is 263 Å². The minimum absolute atomic E-state index is 0.183. The summed E-state index contributed by atoms with van der Waals surface area (Å²) in [6, 6.07) is 27.8. The number of aromatic nitrogens is 2. The summed E-state index contributed by atoms with van der Waals surface area (Å²) in [6.45, 7) is 2.26. The molecule has 0 radical (unpaired) electrons. The standard InChI is InChI=1S/C41H33N3O/c1-26-11-9-17-33-37-32-16-5-6-18-34(32)42-38(40(37)45-39(26)33)30-13-10-12-29(25-30)27-21-23-28(24-22-27)41-43-35-19-7-8-20-36(35)44(41)31-14-3-2-4-15-31/h2-10,12-15,17-23,25-26,28,32H,11,16,24H2,1H3. The molecule has 0 N–H and O–H groups in total. The van der Waals surface area contributed by atoms with Crippen LogP contribution in [0.15, 0.2) is 137 Å². The highest BCUT2D eigenvalue weighted by atomic mass is 16.3. The van der Waals surface area contributed by atoms with Gasteiger partial charge in [0.05, 0.1) is 11.0 Å². The lowest BCUT2D eigenvalue weighted by Crippen LogP contribution is -2.17. The van der Waals surface area contributed by atoms with Gasteiger partial charge in [-0.25, -0.2) is 9.98 Å². The fraction of sp³-hybridized carbons (Fsp3) is 0.171. The number of rotatable bonds is 4. The fourth-order valence-corrected chi connectivity index (χ4v) is 7.42. The Morgan fingerprint density at radius 2 is 1.71 bits per heavy atom. The van der Waals surface area contributed by atoms with Crippen LogP contribution >= 0.6 is 0 Å². The highest BCUT2D eigenvalue weighted by Crippen LogP contribution is 2.47. The topological polar surface area (TPSA) is 43.3 Å². The zero-order valence-corrected chi connectivity index (χ0v) is 25.2. The summed E-state index contributed by atoms with van der Waals surface area (Å²) >= 11 is 0. The number of aliphatic imine (C=N–C) groups is 1. The van der Waals surface area contributed by atoms with Gasteiger partial charge in [0, 0.05) is 45.8 Å². The van der Waals surface area contributed by atoms with Crippen molar-refractivity contribution in [3.05, 3.63) is 167 Å². The number of benzene rings is 3. The van der Waals surface area contributed by atoms with Crippen LogP contribution in [-0.2, 0) is 0 Å². The van der Waals surface area contributed by atoms with E-state index in [-0.39, 0.29) is 11.8 Å². The predicted octanol–water partition coefficient (Wildman–Crippen LogP) is 10.0. The number of hydrogen-bond acceptors (Lipinski definition) is 3. The van der Waals surface area contributed by atoms with Crippen LogP contribution in [-0.4, -0.2) is 15.3 Å². The Kier molecular flexibility index (Phi) is 6.09. The lowest BCUT2D eigenvalue weighted by molar-refractivity contribution is 0.464. The third kappa shape index (κ3) is 4.27. The molecule has 9 rings (SSSR count). The molecule has 4 aliphatic rings. The fourth-order valence-electron chi connectivity index (χ4n) is 7.42. The highest BCUT2D eigenvalue weighted by Gasteiger charge is 2.36. The van der Waals surface area contributed by atoms with Gasteiger partial charge in [0.1, 0.15) is 17.3 Å². The van der Waals surface area contributed by atoms with Crippen LogP contribution in [0.3, 0.4) is 0 Å². The van der Waals surface area contributed by atoms with Gasteiger partial charge in [0.25, 0.3) is 0 Å². The Balaban J connectivity index is 1.07. The summed E-state index contributed by atoms with van der Waals surface area (Å²) in [5.74, 6) is 3.92. The smallest absolute Gasteiger partial charge is 0.157 e. The van der Waals surface area contributed by atoms with Crippen LogP contribution < -0.4 is 0 Å². The molecule has 4 nitrogen and oxygen atoms in total. The van der Waals surface area contributed by atoms with Gasteiger partial charge in [-0.3, -0.25) is 4.57 Å². The summed E-state index contributed by atoms with van der Waals surface area (Å²) in [7, 11) is 0. The minimum atomic E-state index is 0.183. The van der Waals surface area contributed by atoms with E-state index in [1.54, 1.807) is 0 Å². The van der Waals surface area contributed by atoms with Crippen LogP contribution in [0.1, 0.15) is 83.5 Å². The summed E-state index contributed by atoms with van der Waals surface area (Å²) < 4.78 is 9.02. The molecule has 0 fully saturated rings. The van der Waals surface area contributed by atoms with Gasteiger partial charge in [0.2, 0.25) is 0 Å². The molecule has 218 valence electrons. The van der Waals surface area contributed by atoms with Crippen molar-refractivity contribution in [2.75, 3.05) is 0 Å². The number of nitrogens with zero attached hydrogens (tertiary/aromatic N) is 3. The van der Waals surface area contributed by atoms with Crippen molar-refractivity contribution in [3.63, 3.8) is 0 Å². The zero-order valence-electron chi connectivity index (χ0n) is 25.2. The number of fused-ring (bicyclic) bond motifs is 6. The second-order valence-electron chi connectivity index (χ2n) is 12.5. The van der Waals surface area contributed by atoms with Crippen LogP contribution in [0.25, 0.3) is 28.4 Å². The van der Waals surface area contributed by atoms with E-state index in [0.717, 1.165) is 70.3 Å². The third-order valence-corrected chi connectivity index (χ3v) is 9.67. The van der Waals surface area contributed by atoms with Gasteiger partial charge in [-0.15, -0.1) is 0 Å². The molecule has 5 aromatic rings.